The van der Waals surface area contributed by atoms with Crippen molar-refractivity contribution in [3.05, 3.63) is 27.6 Å². The van der Waals surface area contributed by atoms with Gasteiger partial charge in [-0.15, -0.1) is 0 Å². The molecule has 1 N–H and O–H groups in total. The van der Waals surface area contributed by atoms with Gasteiger partial charge in [-0.05, 0) is 22.0 Å². The van der Waals surface area contributed by atoms with Gasteiger partial charge in [0.25, 0.3) is 0 Å². The average molecular weight is 385 g/mol. The van der Waals surface area contributed by atoms with Crippen molar-refractivity contribution in [2.45, 2.75) is 11.5 Å². The zero-order valence-electron chi connectivity index (χ0n) is 10.5. The maximum Gasteiger partial charge on any atom is 0.176 e. The fraction of sp³-hybridized carbons (Fsp3) is 0.400. The first-order chi connectivity index (χ1) is 9.25. The van der Waals surface area contributed by atoms with Gasteiger partial charge in [0.15, 0.2) is 27.0 Å². The van der Waals surface area contributed by atoms with Gasteiger partial charge >= 0.3 is 0 Å². The summed E-state index contributed by atoms with van der Waals surface area (Å²) in [6, 6.07) is 1.34. The lowest BCUT2D eigenvalue weighted by molar-refractivity contribution is -0.0765. The summed E-state index contributed by atoms with van der Waals surface area (Å²) in [5, 5.41) is 12.6. The number of fused-ring (bicyclic) bond motifs is 1. The molecule has 0 amide bonds. The molecule has 0 aliphatic heterocycles. The van der Waals surface area contributed by atoms with Gasteiger partial charge in [0.2, 0.25) is 0 Å². The minimum atomic E-state index is -3.67. The molecule has 0 saturated heterocycles. The third-order valence-electron chi connectivity index (χ3n) is 2.68. The van der Waals surface area contributed by atoms with Crippen LogP contribution >= 0.6 is 27.5 Å². The molecule has 2 aromatic heterocycles. The lowest BCUT2D eigenvalue weighted by Gasteiger charge is -2.21. The lowest BCUT2D eigenvalue weighted by atomic mass is 10.3. The van der Waals surface area contributed by atoms with E-state index < -0.39 is 21.4 Å². The molecule has 2 unspecified atom stereocenters. The highest BCUT2D eigenvalue weighted by Gasteiger charge is 2.34. The Labute approximate surface area is 128 Å². The van der Waals surface area contributed by atoms with Gasteiger partial charge in [-0.2, -0.15) is 5.10 Å². The third kappa shape index (κ3) is 2.82. The molecule has 0 spiro atoms. The Morgan fingerprint density at radius 2 is 2.20 bits per heavy atom. The lowest BCUT2D eigenvalue weighted by Crippen LogP contribution is -2.29. The second-order valence-electron chi connectivity index (χ2n) is 4.11. The number of hydrogen-bond donors (Lipinski definition) is 1. The molecule has 10 heteroatoms. The van der Waals surface area contributed by atoms with E-state index >= 15 is 0 Å². The van der Waals surface area contributed by atoms with E-state index in [1.165, 1.54) is 23.9 Å². The van der Waals surface area contributed by atoms with Gasteiger partial charge in [0.1, 0.15) is 5.15 Å². The maximum atomic E-state index is 11.9. The minimum Gasteiger partial charge on any atom is -0.366 e. The van der Waals surface area contributed by atoms with Crippen LogP contribution in [0.3, 0.4) is 0 Å². The van der Waals surface area contributed by atoms with Gasteiger partial charge in [0, 0.05) is 13.4 Å². The van der Waals surface area contributed by atoms with E-state index in [0.29, 0.717) is 10.1 Å². The quantitative estimate of drug-likeness (QED) is 0.629. The Bertz CT molecular complexity index is 748. The molecule has 2 atom stereocenters. The maximum absolute atomic E-state index is 11.9. The molecule has 110 valence electrons. The van der Waals surface area contributed by atoms with Crippen molar-refractivity contribution in [1.29, 1.82) is 0 Å². The molecule has 2 rings (SSSR count). The van der Waals surface area contributed by atoms with Crippen LogP contribution in [0.2, 0.25) is 5.15 Å². The van der Waals surface area contributed by atoms with E-state index in [4.69, 9.17) is 16.3 Å². The Morgan fingerprint density at radius 1 is 1.55 bits per heavy atom. The number of ether oxygens (including phenoxy) is 1. The number of halogens is 2. The monoisotopic (exact) mass is 383 g/mol. The van der Waals surface area contributed by atoms with E-state index in [1.807, 2.05) is 0 Å². The van der Waals surface area contributed by atoms with Gasteiger partial charge in [-0.25, -0.2) is 17.9 Å². The van der Waals surface area contributed by atoms with Gasteiger partial charge in [-0.3, -0.25) is 0 Å². The molecule has 7 nitrogen and oxygen atoms in total. The van der Waals surface area contributed by atoms with Crippen LogP contribution in [0.4, 0.5) is 0 Å². The fourth-order valence-corrected chi connectivity index (χ4v) is 3.51. The van der Waals surface area contributed by atoms with Crippen LogP contribution in [0, 0.1) is 0 Å². The second kappa shape index (κ2) is 5.57. The minimum absolute atomic E-state index is 0.0886. The average Bonchev–Trinajstić information content (AvgIpc) is 2.69. The van der Waals surface area contributed by atoms with Crippen molar-refractivity contribution in [2.75, 3.05) is 13.4 Å². The highest BCUT2D eigenvalue weighted by atomic mass is 79.9. The van der Waals surface area contributed by atoms with Gasteiger partial charge in [0.05, 0.1) is 16.4 Å². The van der Waals surface area contributed by atoms with Crippen LogP contribution in [-0.2, 0) is 14.6 Å². The first-order valence-corrected chi connectivity index (χ1v) is 8.47. The molecule has 2 aromatic rings. The number of hydrogen-bond acceptors (Lipinski definition) is 6. The SMILES string of the molecule is COC(O)C(c1cc(Cl)nc2c(Br)cnn12)S(C)(=O)=O. The summed E-state index contributed by atoms with van der Waals surface area (Å²) >= 11 is 9.15. The number of aliphatic hydroxyl groups is 1. The van der Waals surface area contributed by atoms with E-state index in [9.17, 15) is 13.5 Å². The highest BCUT2D eigenvalue weighted by Crippen LogP contribution is 2.29. The predicted octanol–water partition coefficient (Wildman–Crippen LogP) is 1.20. The summed E-state index contributed by atoms with van der Waals surface area (Å²) in [5.41, 5.74) is 0.520. The number of sulfone groups is 1. The number of rotatable bonds is 4. The van der Waals surface area contributed by atoms with Crippen LogP contribution < -0.4 is 0 Å². The summed E-state index contributed by atoms with van der Waals surface area (Å²) < 4.78 is 30.5. The molecular formula is C10H11BrClN3O4S. The van der Waals surface area contributed by atoms with Crippen LogP contribution in [0.15, 0.2) is 16.7 Å². The van der Waals surface area contributed by atoms with Crippen molar-refractivity contribution in [1.82, 2.24) is 14.6 Å². The summed E-state index contributed by atoms with van der Waals surface area (Å²) in [7, 11) is -2.46. The zero-order chi connectivity index (χ0) is 15.1. The molecule has 0 saturated carbocycles. The molecule has 0 aromatic carbocycles. The highest BCUT2D eigenvalue weighted by molar-refractivity contribution is 9.10. The first kappa shape index (κ1) is 15.6. The van der Waals surface area contributed by atoms with E-state index in [0.717, 1.165) is 6.26 Å². The van der Waals surface area contributed by atoms with Gasteiger partial charge in [-0.1, -0.05) is 11.6 Å². The third-order valence-corrected chi connectivity index (χ3v) is 4.83. The molecule has 0 aliphatic carbocycles. The molecule has 20 heavy (non-hydrogen) atoms. The smallest absolute Gasteiger partial charge is 0.176 e. The van der Waals surface area contributed by atoms with Crippen LogP contribution in [-0.4, -0.2) is 47.8 Å². The van der Waals surface area contributed by atoms with Crippen LogP contribution in [0.1, 0.15) is 10.9 Å². The molecule has 0 aliphatic rings. The number of methoxy groups -OCH3 is 1. The molecule has 2 heterocycles. The van der Waals surface area contributed by atoms with E-state index in [1.54, 1.807) is 0 Å². The van der Waals surface area contributed by atoms with Crippen molar-refractivity contribution in [3.8, 4) is 0 Å². The van der Waals surface area contributed by atoms with Crippen molar-refractivity contribution < 1.29 is 18.3 Å². The number of nitrogens with zero attached hydrogens (tertiary/aromatic N) is 3. The van der Waals surface area contributed by atoms with Crippen LogP contribution in [0.25, 0.3) is 5.65 Å². The zero-order valence-corrected chi connectivity index (χ0v) is 13.6. The van der Waals surface area contributed by atoms with Gasteiger partial charge < -0.3 is 9.84 Å². The van der Waals surface area contributed by atoms with E-state index in [2.05, 4.69) is 26.0 Å². The predicted molar refractivity (Wildman–Crippen MR) is 76.3 cm³/mol. The summed E-state index contributed by atoms with van der Waals surface area (Å²) in [6.45, 7) is 0. The second-order valence-corrected chi connectivity index (χ2v) is 7.52. The summed E-state index contributed by atoms with van der Waals surface area (Å²) in [4.78, 5) is 4.05. The Morgan fingerprint density at radius 3 is 2.75 bits per heavy atom. The van der Waals surface area contributed by atoms with Crippen molar-refractivity contribution in [2.24, 2.45) is 0 Å². The Balaban J connectivity index is 2.77. The summed E-state index contributed by atoms with van der Waals surface area (Å²) in [5.74, 6) is 0. The topological polar surface area (TPSA) is 93.8 Å². The first-order valence-electron chi connectivity index (χ1n) is 5.35. The van der Waals surface area contributed by atoms with Crippen molar-refractivity contribution >= 4 is 43.0 Å². The molecule has 0 radical (unpaired) electrons. The largest absolute Gasteiger partial charge is 0.366 e. The molecule has 0 fully saturated rings. The fourth-order valence-electron chi connectivity index (χ4n) is 1.83. The number of aliphatic hydroxyl groups excluding tert-OH is 1. The Kier molecular flexibility index (Phi) is 4.35. The Hall–Kier alpha value is -0.740. The molecule has 0 bridgehead atoms. The molecular weight excluding hydrogens is 374 g/mol. The standard InChI is InChI=1S/C10H11BrClN3O4S/c1-19-10(16)8(20(2,17)18)6-3-7(12)14-9-5(11)4-13-15(6)9/h3-4,8,10,16H,1-2H3. The van der Waals surface area contributed by atoms with E-state index in [-0.39, 0.29) is 10.8 Å². The summed E-state index contributed by atoms with van der Waals surface area (Å²) in [6.07, 6.45) is 0.911. The van der Waals surface area contributed by atoms with Crippen LogP contribution in [0.5, 0.6) is 0 Å². The normalized spacial score (nSPS) is 15.4. The van der Waals surface area contributed by atoms with Crippen molar-refractivity contribution in [3.63, 3.8) is 0 Å². The number of aromatic nitrogens is 3.